The Kier molecular flexibility index (Phi) is 2.15. The van der Waals surface area contributed by atoms with E-state index in [0.717, 1.165) is 18.8 Å². The van der Waals surface area contributed by atoms with Gasteiger partial charge in [0.05, 0.1) is 0 Å². The van der Waals surface area contributed by atoms with Crippen molar-refractivity contribution in [1.29, 1.82) is 0 Å². The average molecular weight is 234 g/mol. The molecule has 1 saturated heterocycles. The Morgan fingerprint density at radius 1 is 1.35 bits per heavy atom. The third-order valence-electron chi connectivity index (χ3n) is 3.27. The molecule has 0 radical (unpaired) electrons. The SMILES string of the molecule is CC1NCCC1c1nc2nc(N)[nH]c(=O)c2[nH]1. The third kappa shape index (κ3) is 1.59. The highest BCUT2D eigenvalue weighted by Crippen LogP contribution is 2.25. The van der Waals surface area contributed by atoms with E-state index in [1.54, 1.807) is 0 Å². The van der Waals surface area contributed by atoms with Crippen LogP contribution < -0.4 is 16.6 Å². The number of hydrogen-bond acceptors (Lipinski definition) is 5. The lowest BCUT2D eigenvalue weighted by atomic mass is 10.0. The Balaban J connectivity index is 2.13. The number of fused-ring (bicyclic) bond motifs is 1. The molecule has 0 saturated carbocycles. The van der Waals surface area contributed by atoms with Crippen molar-refractivity contribution in [2.24, 2.45) is 0 Å². The topological polar surface area (TPSA) is 112 Å². The Morgan fingerprint density at radius 3 is 2.88 bits per heavy atom. The maximum Gasteiger partial charge on any atom is 0.278 e. The number of nitrogens with one attached hydrogen (secondary N) is 3. The van der Waals surface area contributed by atoms with Crippen LogP contribution in [0.25, 0.3) is 11.2 Å². The van der Waals surface area contributed by atoms with Crippen molar-refractivity contribution in [2.45, 2.75) is 25.3 Å². The molecule has 0 spiro atoms. The summed E-state index contributed by atoms with van der Waals surface area (Å²) in [7, 11) is 0. The molecule has 1 aliphatic heterocycles. The quantitative estimate of drug-likeness (QED) is 0.541. The predicted octanol–water partition coefficient (Wildman–Crippen LogP) is -0.306. The number of aromatic nitrogens is 4. The molecule has 0 aromatic carbocycles. The summed E-state index contributed by atoms with van der Waals surface area (Å²) in [5, 5.41) is 3.35. The van der Waals surface area contributed by atoms with Gasteiger partial charge in [0.1, 0.15) is 5.82 Å². The monoisotopic (exact) mass is 234 g/mol. The molecule has 7 heteroatoms. The Labute approximate surface area is 96.9 Å². The highest BCUT2D eigenvalue weighted by Gasteiger charge is 2.27. The molecule has 1 aliphatic rings. The average Bonchev–Trinajstić information content (AvgIpc) is 2.83. The van der Waals surface area contributed by atoms with Gasteiger partial charge in [-0.15, -0.1) is 0 Å². The van der Waals surface area contributed by atoms with Gasteiger partial charge in [0.25, 0.3) is 5.56 Å². The molecule has 7 nitrogen and oxygen atoms in total. The van der Waals surface area contributed by atoms with Crippen LogP contribution in [0, 0.1) is 0 Å². The number of nitrogens with two attached hydrogens (primary N) is 1. The number of anilines is 1. The largest absolute Gasteiger partial charge is 0.369 e. The first-order valence-corrected chi connectivity index (χ1v) is 5.64. The van der Waals surface area contributed by atoms with Crippen LogP contribution in [0.15, 0.2) is 4.79 Å². The van der Waals surface area contributed by atoms with E-state index in [-0.39, 0.29) is 11.5 Å². The van der Waals surface area contributed by atoms with E-state index in [1.165, 1.54) is 0 Å². The van der Waals surface area contributed by atoms with E-state index in [0.29, 0.717) is 23.1 Å². The second kappa shape index (κ2) is 3.56. The maximum absolute atomic E-state index is 11.6. The summed E-state index contributed by atoms with van der Waals surface area (Å²) in [5.41, 5.74) is 5.99. The lowest BCUT2D eigenvalue weighted by molar-refractivity contribution is 0.574. The van der Waals surface area contributed by atoms with Crippen LogP contribution in [0.5, 0.6) is 0 Å². The normalized spacial score (nSPS) is 24.5. The summed E-state index contributed by atoms with van der Waals surface area (Å²) >= 11 is 0. The fourth-order valence-electron chi connectivity index (χ4n) is 2.35. The molecule has 0 aliphatic carbocycles. The molecule has 0 amide bonds. The van der Waals surface area contributed by atoms with Crippen LogP contribution in [-0.4, -0.2) is 32.5 Å². The van der Waals surface area contributed by atoms with Gasteiger partial charge < -0.3 is 16.0 Å². The summed E-state index contributed by atoms with van der Waals surface area (Å²) in [4.78, 5) is 25.5. The zero-order chi connectivity index (χ0) is 12.0. The first-order valence-electron chi connectivity index (χ1n) is 5.64. The summed E-state index contributed by atoms with van der Waals surface area (Å²) in [6, 6.07) is 0.354. The zero-order valence-electron chi connectivity index (χ0n) is 9.45. The lowest BCUT2D eigenvalue weighted by Gasteiger charge is -2.10. The Bertz CT molecular complexity index is 615. The van der Waals surface area contributed by atoms with Crippen LogP contribution in [0.2, 0.25) is 0 Å². The standard InChI is InChI=1S/C10H14N6O/c1-4-5(2-3-12-4)7-13-6-8(14-7)15-10(11)16-9(6)17/h4-5,12H,2-3H2,1H3,(H4,11,13,14,15,16,17). The number of nitrogen functional groups attached to an aromatic ring is 1. The van der Waals surface area contributed by atoms with Crippen LogP contribution >= 0.6 is 0 Å². The third-order valence-corrected chi connectivity index (χ3v) is 3.27. The fraction of sp³-hybridized carbons (Fsp3) is 0.500. The number of imidazole rings is 1. The van der Waals surface area contributed by atoms with Crippen molar-refractivity contribution in [3.63, 3.8) is 0 Å². The van der Waals surface area contributed by atoms with E-state index >= 15 is 0 Å². The van der Waals surface area contributed by atoms with Gasteiger partial charge >= 0.3 is 0 Å². The van der Waals surface area contributed by atoms with Gasteiger partial charge in [-0.1, -0.05) is 0 Å². The zero-order valence-corrected chi connectivity index (χ0v) is 9.45. The molecule has 90 valence electrons. The lowest BCUT2D eigenvalue weighted by Crippen LogP contribution is -2.22. The van der Waals surface area contributed by atoms with Gasteiger partial charge in [-0.3, -0.25) is 9.78 Å². The van der Waals surface area contributed by atoms with Crippen molar-refractivity contribution in [3.05, 3.63) is 16.2 Å². The van der Waals surface area contributed by atoms with Crippen molar-refractivity contribution in [3.8, 4) is 0 Å². The van der Waals surface area contributed by atoms with E-state index in [9.17, 15) is 4.79 Å². The molecule has 5 N–H and O–H groups in total. The molecule has 17 heavy (non-hydrogen) atoms. The van der Waals surface area contributed by atoms with Gasteiger partial charge in [0.15, 0.2) is 11.2 Å². The minimum atomic E-state index is -0.273. The summed E-state index contributed by atoms with van der Waals surface area (Å²) in [6.07, 6.45) is 1.01. The van der Waals surface area contributed by atoms with Gasteiger partial charge in [-0.05, 0) is 19.9 Å². The van der Waals surface area contributed by atoms with Crippen molar-refractivity contribution in [1.82, 2.24) is 25.3 Å². The number of rotatable bonds is 1. The van der Waals surface area contributed by atoms with Crippen molar-refractivity contribution in [2.75, 3.05) is 12.3 Å². The van der Waals surface area contributed by atoms with Gasteiger partial charge in [0.2, 0.25) is 5.95 Å². The molecule has 2 aromatic heterocycles. The van der Waals surface area contributed by atoms with Crippen molar-refractivity contribution < 1.29 is 0 Å². The molecule has 0 bridgehead atoms. The highest BCUT2D eigenvalue weighted by atomic mass is 16.1. The molecule has 3 heterocycles. The Hall–Kier alpha value is -1.89. The highest BCUT2D eigenvalue weighted by molar-refractivity contribution is 5.70. The number of nitrogens with zero attached hydrogens (tertiary/aromatic N) is 2. The minimum Gasteiger partial charge on any atom is -0.369 e. The van der Waals surface area contributed by atoms with Crippen LogP contribution in [0.3, 0.4) is 0 Å². The second-order valence-electron chi connectivity index (χ2n) is 4.41. The molecule has 3 rings (SSSR count). The Morgan fingerprint density at radius 2 is 2.18 bits per heavy atom. The first kappa shape index (κ1) is 10.3. The summed E-state index contributed by atoms with van der Waals surface area (Å²) < 4.78 is 0. The summed E-state index contributed by atoms with van der Waals surface area (Å²) in [6.45, 7) is 3.08. The van der Waals surface area contributed by atoms with E-state index < -0.39 is 0 Å². The number of H-pyrrole nitrogens is 2. The number of hydrogen-bond donors (Lipinski definition) is 4. The molecular formula is C10H14N6O. The second-order valence-corrected chi connectivity index (χ2v) is 4.41. The maximum atomic E-state index is 11.6. The molecule has 1 fully saturated rings. The first-order chi connectivity index (χ1) is 8.15. The number of aromatic amines is 2. The summed E-state index contributed by atoms with van der Waals surface area (Å²) in [5.74, 6) is 1.20. The van der Waals surface area contributed by atoms with Gasteiger partial charge in [-0.25, -0.2) is 4.98 Å². The molecule has 2 unspecified atom stereocenters. The molecule has 2 aromatic rings. The fourth-order valence-corrected chi connectivity index (χ4v) is 2.35. The minimum absolute atomic E-state index is 0.0955. The van der Waals surface area contributed by atoms with Crippen molar-refractivity contribution >= 4 is 17.1 Å². The van der Waals surface area contributed by atoms with E-state index in [4.69, 9.17) is 5.73 Å². The van der Waals surface area contributed by atoms with Crippen LogP contribution in [0.1, 0.15) is 25.1 Å². The smallest absolute Gasteiger partial charge is 0.278 e. The van der Waals surface area contributed by atoms with Crippen LogP contribution in [-0.2, 0) is 0 Å². The predicted molar refractivity (Wildman–Crippen MR) is 63.7 cm³/mol. The van der Waals surface area contributed by atoms with Gasteiger partial charge in [0, 0.05) is 12.0 Å². The van der Waals surface area contributed by atoms with Gasteiger partial charge in [-0.2, -0.15) is 4.98 Å². The molecular weight excluding hydrogens is 220 g/mol. The van der Waals surface area contributed by atoms with E-state index in [2.05, 4.69) is 32.2 Å². The van der Waals surface area contributed by atoms with Crippen LogP contribution in [0.4, 0.5) is 5.95 Å². The van der Waals surface area contributed by atoms with E-state index in [1.807, 2.05) is 0 Å². The molecule has 2 atom stereocenters.